The lowest BCUT2D eigenvalue weighted by Crippen LogP contribution is -2.06. The number of alkyl halides is 1. The molecule has 2 aromatic rings. The van der Waals surface area contributed by atoms with E-state index in [1.54, 1.807) is 0 Å². The lowest BCUT2D eigenvalue weighted by molar-refractivity contribution is 0.672. The fourth-order valence-corrected chi connectivity index (χ4v) is 3.21. The van der Waals surface area contributed by atoms with Gasteiger partial charge in [0.1, 0.15) is 0 Å². The highest BCUT2D eigenvalue weighted by Gasteiger charge is 2.21. The van der Waals surface area contributed by atoms with Gasteiger partial charge in [-0.3, -0.25) is 0 Å². The molecule has 0 radical (unpaired) electrons. The average molecular weight is 251 g/mol. The van der Waals surface area contributed by atoms with Crippen LogP contribution in [0.2, 0.25) is 5.02 Å². The second-order valence-electron chi connectivity index (χ2n) is 4.33. The van der Waals surface area contributed by atoms with Crippen molar-refractivity contribution in [3.05, 3.63) is 46.5 Å². The summed E-state index contributed by atoms with van der Waals surface area (Å²) in [6.07, 6.45) is 3.35. The quantitative estimate of drug-likeness (QED) is 0.571. The summed E-state index contributed by atoms with van der Waals surface area (Å²) in [7, 11) is 0. The molecule has 0 heterocycles. The van der Waals surface area contributed by atoms with Crippen LogP contribution in [0, 0.1) is 0 Å². The van der Waals surface area contributed by atoms with Crippen LogP contribution < -0.4 is 0 Å². The van der Waals surface area contributed by atoms with Crippen molar-refractivity contribution in [1.82, 2.24) is 0 Å². The van der Waals surface area contributed by atoms with E-state index in [1.165, 1.54) is 22.9 Å². The third-order valence-electron chi connectivity index (χ3n) is 3.36. The van der Waals surface area contributed by atoms with E-state index in [1.807, 2.05) is 6.07 Å². The SMILES string of the molecule is Clc1cc2c(c3ccccc13)CCCC2Cl. The summed E-state index contributed by atoms with van der Waals surface area (Å²) in [5, 5.41) is 3.37. The molecule has 0 amide bonds. The van der Waals surface area contributed by atoms with Gasteiger partial charge in [0.25, 0.3) is 0 Å². The van der Waals surface area contributed by atoms with Gasteiger partial charge in [-0.1, -0.05) is 35.9 Å². The molecular formula is C14H12Cl2. The minimum Gasteiger partial charge on any atom is -0.118 e. The van der Waals surface area contributed by atoms with Crippen molar-refractivity contribution in [2.45, 2.75) is 24.6 Å². The Morgan fingerprint density at radius 3 is 2.69 bits per heavy atom. The molecule has 0 fully saturated rings. The molecule has 0 spiro atoms. The molecule has 0 nitrogen and oxygen atoms in total. The Hall–Kier alpha value is -0.720. The van der Waals surface area contributed by atoms with Crippen molar-refractivity contribution in [2.75, 3.05) is 0 Å². The van der Waals surface area contributed by atoms with Crippen molar-refractivity contribution in [2.24, 2.45) is 0 Å². The summed E-state index contributed by atoms with van der Waals surface area (Å²) < 4.78 is 0. The second-order valence-corrected chi connectivity index (χ2v) is 5.27. The number of benzene rings is 2. The largest absolute Gasteiger partial charge is 0.118 e. The zero-order valence-corrected chi connectivity index (χ0v) is 10.4. The van der Waals surface area contributed by atoms with Crippen LogP contribution >= 0.6 is 23.2 Å². The molecule has 1 aliphatic carbocycles. The van der Waals surface area contributed by atoms with Gasteiger partial charge in [0.05, 0.1) is 5.38 Å². The van der Waals surface area contributed by atoms with Gasteiger partial charge in [-0.15, -0.1) is 11.6 Å². The molecule has 16 heavy (non-hydrogen) atoms. The van der Waals surface area contributed by atoms with Crippen LogP contribution in [0.1, 0.15) is 29.3 Å². The first-order valence-corrected chi connectivity index (χ1v) is 6.43. The standard InChI is InChI=1S/C14H12Cl2/c15-13-7-3-6-10-9-4-1-2-5-11(9)14(16)8-12(10)13/h1-2,4-5,8,13H,3,6-7H2. The topological polar surface area (TPSA) is 0 Å². The van der Waals surface area contributed by atoms with Gasteiger partial charge in [0.2, 0.25) is 0 Å². The lowest BCUT2D eigenvalue weighted by Gasteiger charge is -2.23. The van der Waals surface area contributed by atoms with Crippen molar-refractivity contribution in [3.8, 4) is 0 Å². The number of aryl methyl sites for hydroxylation is 1. The van der Waals surface area contributed by atoms with Gasteiger partial charge < -0.3 is 0 Å². The van der Waals surface area contributed by atoms with Crippen molar-refractivity contribution < 1.29 is 0 Å². The second kappa shape index (κ2) is 3.94. The number of hydrogen-bond donors (Lipinski definition) is 0. The molecule has 0 saturated carbocycles. The van der Waals surface area contributed by atoms with Crippen LogP contribution in [0.5, 0.6) is 0 Å². The molecule has 1 aliphatic rings. The molecule has 2 heteroatoms. The van der Waals surface area contributed by atoms with E-state index < -0.39 is 0 Å². The fourth-order valence-electron chi connectivity index (χ4n) is 2.58. The van der Waals surface area contributed by atoms with Gasteiger partial charge in [-0.05, 0) is 41.8 Å². The van der Waals surface area contributed by atoms with Crippen LogP contribution in [0.4, 0.5) is 0 Å². The third kappa shape index (κ3) is 1.52. The van der Waals surface area contributed by atoms with Crippen LogP contribution in [0.25, 0.3) is 10.8 Å². The Bertz CT molecular complexity index is 546. The van der Waals surface area contributed by atoms with Crippen LogP contribution in [0.3, 0.4) is 0 Å². The van der Waals surface area contributed by atoms with Gasteiger partial charge in [-0.2, -0.15) is 0 Å². The molecule has 0 aliphatic heterocycles. The molecular weight excluding hydrogens is 239 g/mol. The Balaban J connectivity index is 2.38. The summed E-state index contributed by atoms with van der Waals surface area (Å²) >= 11 is 12.7. The smallest absolute Gasteiger partial charge is 0.0588 e. The molecule has 82 valence electrons. The van der Waals surface area contributed by atoms with E-state index >= 15 is 0 Å². The molecule has 2 aromatic carbocycles. The summed E-state index contributed by atoms with van der Waals surface area (Å²) in [4.78, 5) is 0. The number of halogens is 2. The highest BCUT2D eigenvalue weighted by Crippen LogP contribution is 2.40. The Morgan fingerprint density at radius 2 is 1.88 bits per heavy atom. The Morgan fingerprint density at radius 1 is 1.12 bits per heavy atom. The minimum absolute atomic E-state index is 0.130. The minimum atomic E-state index is 0.130. The Kier molecular flexibility index (Phi) is 2.57. The van der Waals surface area contributed by atoms with Crippen molar-refractivity contribution in [1.29, 1.82) is 0 Å². The Labute approximate surface area is 105 Å². The molecule has 1 atom stereocenters. The summed E-state index contributed by atoms with van der Waals surface area (Å²) in [6.45, 7) is 0. The average Bonchev–Trinajstić information content (AvgIpc) is 2.31. The maximum absolute atomic E-state index is 6.36. The number of fused-ring (bicyclic) bond motifs is 3. The van der Waals surface area contributed by atoms with Crippen LogP contribution in [-0.4, -0.2) is 0 Å². The highest BCUT2D eigenvalue weighted by atomic mass is 35.5. The van der Waals surface area contributed by atoms with E-state index in [2.05, 4.69) is 24.3 Å². The number of rotatable bonds is 0. The van der Waals surface area contributed by atoms with E-state index in [4.69, 9.17) is 23.2 Å². The predicted octanol–water partition coefficient (Wildman–Crippen LogP) is 5.11. The maximum Gasteiger partial charge on any atom is 0.0588 e. The monoisotopic (exact) mass is 250 g/mol. The predicted molar refractivity (Wildman–Crippen MR) is 70.5 cm³/mol. The van der Waals surface area contributed by atoms with E-state index in [9.17, 15) is 0 Å². The van der Waals surface area contributed by atoms with Crippen molar-refractivity contribution >= 4 is 34.0 Å². The molecule has 0 aromatic heterocycles. The molecule has 1 unspecified atom stereocenters. The van der Waals surface area contributed by atoms with E-state index in [-0.39, 0.29) is 5.38 Å². The summed E-state index contributed by atoms with van der Waals surface area (Å²) in [6, 6.07) is 10.4. The van der Waals surface area contributed by atoms with Gasteiger partial charge >= 0.3 is 0 Å². The first-order chi connectivity index (χ1) is 7.77. The lowest BCUT2D eigenvalue weighted by atomic mass is 9.87. The van der Waals surface area contributed by atoms with Crippen LogP contribution in [-0.2, 0) is 6.42 Å². The normalized spacial score (nSPS) is 19.8. The molecule has 0 bridgehead atoms. The van der Waals surface area contributed by atoms with Crippen LogP contribution in [0.15, 0.2) is 30.3 Å². The number of hydrogen-bond acceptors (Lipinski definition) is 0. The van der Waals surface area contributed by atoms with Gasteiger partial charge in [-0.25, -0.2) is 0 Å². The molecule has 0 saturated heterocycles. The third-order valence-corrected chi connectivity index (χ3v) is 4.13. The zero-order valence-electron chi connectivity index (χ0n) is 8.84. The van der Waals surface area contributed by atoms with Crippen molar-refractivity contribution in [3.63, 3.8) is 0 Å². The zero-order chi connectivity index (χ0) is 11.1. The molecule has 0 N–H and O–H groups in total. The molecule has 3 rings (SSSR count). The highest BCUT2D eigenvalue weighted by molar-refractivity contribution is 6.36. The van der Waals surface area contributed by atoms with Gasteiger partial charge in [0.15, 0.2) is 0 Å². The van der Waals surface area contributed by atoms with Gasteiger partial charge in [0, 0.05) is 10.4 Å². The van der Waals surface area contributed by atoms with E-state index in [0.717, 1.165) is 23.3 Å². The first kappa shape index (κ1) is 10.4. The first-order valence-electron chi connectivity index (χ1n) is 5.61. The summed E-state index contributed by atoms with van der Waals surface area (Å²) in [5.74, 6) is 0. The maximum atomic E-state index is 6.36. The summed E-state index contributed by atoms with van der Waals surface area (Å²) in [5.41, 5.74) is 2.63. The fraction of sp³-hybridized carbons (Fsp3) is 0.286. The van der Waals surface area contributed by atoms with E-state index in [0.29, 0.717) is 0 Å².